The topological polar surface area (TPSA) is 82.9 Å². The standard InChI is InChI=1S/C23H28N4O3/c1-15-9-8-10-16(2)21(15)25-19(28)13-26(5)14-20(29)27-18-12-7-6-11-17(18)24-22(30)23(27,3)4/h6-12H,13-14H2,1-5H3,(H,24,30)(H,25,28)/p+1. The number of rotatable bonds is 5. The molecule has 0 saturated heterocycles. The van der Waals surface area contributed by atoms with Gasteiger partial charge in [0.1, 0.15) is 5.54 Å². The summed E-state index contributed by atoms with van der Waals surface area (Å²) in [7, 11) is 1.80. The Kier molecular flexibility index (Phi) is 5.94. The first-order valence-corrected chi connectivity index (χ1v) is 10.0. The van der Waals surface area contributed by atoms with Crippen LogP contribution < -0.4 is 20.4 Å². The molecule has 1 aliphatic heterocycles. The van der Waals surface area contributed by atoms with Gasteiger partial charge in [0.2, 0.25) is 5.91 Å². The summed E-state index contributed by atoms with van der Waals surface area (Å²) < 4.78 is 0. The van der Waals surface area contributed by atoms with E-state index < -0.39 is 5.54 Å². The Morgan fingerprint density at radius 3 is 2.33 bits per heavy atom. The molecule has 7 heteroatoms. The number of carbonyl (C=O) groups is 3. The van der Waals surface area contributed by atoms with E-state index in [1.807, 2.05) is 50.2 Å². The number of para-hydroxylation sites is 3. The van der Waals surface area contributed by atoms with Crippen LogP contribution in [0, 0.1) is 13.8 Å². The quantitative estimate of drug-likeness (QED) is 0.700. The summed E-state index contributed by atoms with van der Waals surface area (Å²) in [4.78, 5) is 40.5. The van der Waals surface area contributed by atoms with E-state index in [0.29, 0.717) is 11.4 Å². The van der Waals surface area contributed by atoms with Gasteiger partial charge >= 0.3 is 0 Å². The Bertz CT molecular complexity index is 979. The summed E-state index contributed by atoms with van der Waals surface area (Å²) in [5.41, 5.74) is 3.06. The molecular weight excluding hydrogens is 380 g/mol. The number of nitrogens with one attached hydrogen (secondary N) is 3. The lowest BCUT2D eigenvalue weighted by molar-refractivity contribution is -0.862. The second-order valence-corrected chi connectivity index (χ2v) is 8.39. The third-order valence-electron chi connectivity index (χ3n) is 5.42. The molecule has 2 aromatic rings. The molecule has 1 unspecified atom stereocenters. The highest BCUT2D eigenvalue weighted by molar-refractivity contribution is 6.14. The number of likely N-dealkylation sites (N-methyl/N-ethyl adjacent to an activating group) is 1. The minimum Gasteiger partial charge on any atom is -0.322 e. The molecule has 1 aliphatic rings. The fraction of sp³-hybridized carbons (Fsp3) is 0.348. The van der Waals surface area contributed by atoms with Crippen molar-refractivity contribution in [1.29, 1.82) is 0 Å². The van der Waals surface area contributed by atoms with Gasteiger partial charge in [0.15, 0.2) is 13.1 Å². The molecule has 3 N–H and O–H groups in total. The molecule has 0 radical (unpaired) electrons. The summed E-state index contributed by atoms with van der Waals surface area (Å²) in [5, 5.41) is 5.81. The zero-order chi connectivity index (χ0) is 22.1. The lowest BCUT2D eigenvalue weighted by Gasteiger charge is -2.42. The predicted molar refractivity (Wildman–Crippen MR) is 118 cm³/mol. The molecule has 30 heavy (non-hydrogen) atoms. The first kappa shape index (κ1) is 21.5. The number of hydrogen-bond acceptors (Lipinski definition) is 3. The van der Waals surface area contributed by atoms with Gasteiger partial charge in [0.05, 0.1) is 18.4 Å². The van der Waals surface area contributed by atoms with E-state index in [2.05, 4.69) is 10.6 Å². The molecule has 1 heterocycles. The lowest BCUT2D eigenvalue weighted by atomic mass is 9.96. The van der Waals surface area contributed by atoms with Crippen LogP contribution in [0.1, 0.15) is 25.0 Å². The van der Waals surface area contributed by atoms with E-state index in [-0.39, 0.29) is 30.8 Å². The summed E-state index contributed by atoms with van der Waals surface area (Å²) in [5.74, 6) is -0.603. The van der Waals surface area contributed by atoms with Gasteiger partial charge in [-0.05, 0) is 51.0 Å². The van der Waals surface area contributed by atoms with Crippen molar-refractivity contribution in [3.8, 4) is 0 Å². The van der Waals surface area contributed by atoms with Crippen LogP contribution in [0.5, 0.6) is 0 Å². The highest BCUT2D eigenvalue weighted by atomic mass is 16.2. The van der Waals surface area contributed by atoms with E-state index in [9.17, 15) is 14.4 Å². The fourth-order valence-corrected chi connectivity index (χ4v) is 3.77. The number of amides is 3. The zero-order valence-corrected chi connectivity index (χ0v) is 18.1. The number of nitrogens with zero attached hydrogens (tertiary/aromatic N) is 1. The second kappa shape index (κ2) is 8.28. The largest absolute Gasteiger partial charge is 0.322 e. The van der Waals surface area contributed by atoms with Crippen LogP contribution in [0.3, 0.4) is 0 Å². The minimum atomic E-state index is -1.02. The summed E-state index contributed by atoms with van der Waals surface area (Å²) >= 11 is 0. The Balaban J connectivity index is 1.71. The molecule has 158 valence electrons. The van der Waals surface area contributed by atoms with Crippen molar-refractivity contribution in [3.05, 3.63) is 53.6 Å². The zero-order valence-electron chi connectivity index (χ0n) is 18.1. The normalized spacial score (nSPS) is 15.8. The van der Waals surface area contributed by atoms with E-state index in [0.717, 1.165) is 21.7 Å². The first-order valence-electron chi connectivity index (χ1n) is 10.0. The van der Waals surface area contributed by atoms with Crippen molar-refractivity contribution in [1.82, 2.24) is 0 Å². The molecule has 3 rings (SSSR count). The maximum Gasteiger partial charge on any atom is 0.283 e. The molecule has 7 nitrogen and oxygen atoms in total. The highest BCUT2D eigenvalue weighted by Gasteiger charge is 2.44. The van der Waals surface area contributed by atoms with Crippen LogP contribution in [0.4, 0.5) is 17.1 Å². The van der Waals surface area contributed by atoms with Crippen LogP contribution in [-0.2, 0) is 14.4 Å². The smallest absolute Gasteiger partial charge is 0.283 e. The predicted octanol–water partition coefficient (Wildman–Crippen LogP) is 1.52. The number of aryl methyl sites for hydroxylation is 2. The number of fused-ring (bicyclic) bond motifs is 1. The molecule has 0 spiro atoms. The number of anilines is 3. The van der Waals surface area contributed by atoms with Crippen LogP contribution in [-0.4, -0.2) is 43.4 Å². The number of hydrogen-bond donors (Lipinski definition) is 3. The average Bonchev–Trinajstić information content (AvgIpc) is 2.65. The van der Waals surface area contributed by atoms with Crippen molar-refractivity contribution in [2.24, 2.45) is 0 Å². The summed E-state index contributed by atoms with van der Waals surface area (Å²) in [6, 6.07) is 13.1. The summed E-state index contributed by atoms with van der Waals surface area (Å²) in [6.45, 7) is 7.57. The lowest BCUT2D eigenvalue weighted by Crippen LogP contribution is -3.11. The van der Waals surface area contributed by atoms with Gasteiger partial charge in [-0.3, -0.25) is 19.3 Å². The SMILES string of the molecule is Cc1cccc(C)c1NC(=O)C[NH+](C)CC(=O)N1c2ccccc2NC(=O)C1(C)C. The van der Waals surface area contributed by atoms with Crippen LogP contribution in [0.25, 0.3) is 0 Å². The van der Waals surface area contributed by atoms with E-state index in [1.165, 1.54) is 4.90 Å². The first-order chi connectivity index (χ1) is 14.1. The molecule has 1 atom stereocenters. The molecule has 0 fully saturated rings. The Hall–Kier alpha value is -3.19. The van der Waals surface area contributed by atoms with Crippen molar-refractivity contribution in [2.45, 2.75) is 33.2 Å². The maximum atomic E-state index is 13.2. The third kappa shape index (κ3) is 4.21. The Morgan fingerprint density at radius 1 is 1.03 bits per heavy atom. The molecular formula is C23H29N4O3+. The highest BCUT2D eigenvalue weighted by Crippen LogP contribution is 2.36. The monoisotopic (exact) mass is 409 g/mol. The molecule has 3 amide bonds. The van der Waals surface area contributed by atoms with Gasteiger partial charge in [-0.25, -0.2) is 0 Å². The number of benzene rings is 2. The van der Waals surface area contributed by atoms with Gasteiger partial charge in [0.25, 0.3) is 11.8 Å². The fourth-order valence-electron chi connectivity index (χ4n) is 3.77. The maximum absolute atomic E-state index is 13.2. The van der Waals surface area contributed by atoms with Crippen LogP contribution >= 0.6 is 0 Å². The minimum absolute atomic E-state index is 0.0885. The molecule has 0 aromatic heterocycles. The second-order valence-electron chi connectivity index (χ2n) is 8.39. The number of carbonyl (C=O) groups excluding carboxylic acids is 3. The van der Waals surface area contributed by atoms with Crippen molar-refractivity contribution in [3.63, 3.8) is 0 Å². The van der Waals surface area contributed by atoms with Crippen LogP contribution in [0.2, 0.25) is 0 Å². The van der Waals surface area contributed by atoms with Gasteiger partial charge in [-0.2, -0.15) is 0 Å². The molecule has 0 saturated carbocycles. The number of quaternary nitrogens is 1. The van der Waals surface area contributed by atoms with Gasteiger partial charge in [-0.1, -0.05) is 30.3 Å². The third-order valence-corrected chi connectivity index (χ3v) is 5.42. The Labute approximate surface area is 177 Å². The van der Waals surface area contributed by atoms with Crippen molar-refractivity contribution < 1.29 is 19.3 Å². The van der Waals surface area contributed by atoms with E-state index in [1.54, 1.807) is 27.0 Å². The van der Waals surface area contributed by atoms with Crippen LogP contribution in [0.15, 0.2) is 42.5 Å². The van der Waals surface area contributed by atoms with Crippen molar-refractivity contribution >= 4 is 34.8 Å². The van der Waals surface area contributed by atoms with Gasteiger partial charge < -0.3 is 15.5 Å². The van der Waals surface area contributed by atoms with E-state index in [4.69, 9.17) is 0 Å². The molecule has 0 bridgehead atoms. The Morgan fingerprint density at radius 2 is 1.67 bits per heavy atom. The summed E-state index contributed by atoms with van der Waals surface area (Å²) in [6.07, 6.45) is 0. The van der Waals surface area contributed by atoms with Gasteiger partial charge in [0, 0.05) is 5.69 Å². The average molecular weight is 410 g/mol. The van der Waals surface area contributed by atoms with Gasteiger partial charge in [-0.15, -0.1) is 0 Å². The molecule has 2 aromatic carbocycles. The van der Waals surface area contributed by atoms with Crippen molar-refractivity contribution in [2.75, 3.05) is 35.7 Å². The molecule has 0 aliphatic carbocycles. The van der Waals surface area contributed by atoms with E-state index >= 15 is 0 Å².